The Labute approximate surface area is 160 Å². The lowest BCUT2D eigenvalue weighted by atomic mass is 10.1. The van der Waals surface area contributed by atoms with Crippen molar-refractivity contribution < 1.29 is 9.59 Å². The first-order valence-electron chi connectivity index (χ1n) is 9.19. The van der Waals surface area contributed by atoms with Crippen molar-refractivity contribution in [2.45, 2.75) is 20.3 Å². The predicted molar refractivity (Wildman–Crippen MR) is 109 cm³/mol. The molecule has 0 bridgehead atoms. The number of carbonyl (C=O) groups is 2. The van der Waals surface area contributed by atoms with Crippen LogP contribution in [0.15, 0.2) is 60.2 Å². The van der Waals surface area contributed by atoms with Crippen LogP contribution in [0.3, 0.4) is 0 Å². The van der Waals surface area contributed by atoms with Crippen molar-refractivity contribution >= 4 is 29.3 Å². The number of nitrogens with zero attached hydrogens (tertiary/aromatic N) is 2. The Morgan fingerprint density at radius 1 is 1.04 bits per heavy atom. The molecule has 140 valence electrons. The predicted octanol–water partition coefficient (Wildman–Crippen LogP) is 3.63. The molecule has 0 spiro atoms. The third-order valence-corrected chi connectivity index (χ3v) is 4.59. The molecule has 1 saturated heterocycles. The highest BCUT2D eigenvalue weighted by molar-refractivity contribution is 6.31. The van der Waals surface area contributed by atoms with Gasteiger partial charge in [0, 0.05) is 19.3 Å². The van der Waals surface area contributed by atoms with E-state index >= 15 is 0 Å². The van der Waals surface area contributed by atoms with Crippen LogP contribution < -0.4 is 15.3 Å². The molecular formula is C22H25N3O2. The van der Waals surface area contributed by atoms with E-state index in [2.05, 4.69) is 31.2 Å². The summed E-state index contributed by atoms with van der Waals surface area (Å²) in [5.74, 6) is -0.0674. The Kier molecular flexibility index (Phi) is 5.60. The standard InChI is InChI=1S/C22H25N3O2/c1-16(2)13-14-24(3)18-11-9-17(10-12-18)15-20-21(26)23-25(22(20)27)19-7-5-4-6-8-19/h4-12,15-16H,13-14H2,1-3H3,(H,23,26). The minimum Gasteiger partial charge on any atom is -0.375 e. The lowest BCUT2D eigenvalue weighted by Gasteiger charge is -2.20. The minimum absolute atomic E-state index is 0.139. The normalized spacial score (nSPS) is 15.6. The average Bonchev–Trinajstić information content (AvgIpc) is 2.95. The molecule has 0 unspecified atom stereocenters. The van der Waals surface area contributed by atoms with E-state index in [1.165, 1.54) is 5.01 Å². The van der Waals surface area contributed by atoms with Gasteiger partial charge >= 0.3 is 0 Å². The molecular weight excluding hydrogens is 338 g/mol. The van der Waals surface area contributed by atoms with E-state index in [4.69, 9.17) is 0 Å². The molecule has 2 aromatic rings. The fraction of sp³-hybridized carbons (Fsp3) is 0.273. The van der Waals surface area contributed by atoms with Gasteiger partial charge in [-0.3, -0.25) is 15.0 Å². The van der Waals surface area contributed by atoms with Crippen LogP contribution in [-0.2, 0) is 9.59 Å². The fourth-order valence-electron chi connectivity index (χ4n) is 2.89. The average molecular weight is 363 g/mol. The highest BCUT2D eigenvalue weighted by atomic mass is 16.2. The summed E-state index contributed by atoms with van der Waals surface area (Å²) in [7, 11) is 2.07. The van der Waals surface area contributed by atoms with Gasteiger partial charge in [-0.1, -0.05) is 44.2 Å². The zero-order valence-electron chi connectivity index (χ0n) is 16.0. The second-order valence-corrected chi connectivity index (χ2v) is 7.17. The van der Waals surface area contributed by atoms with Crippen molar-refractivity contribution in [1.29, 1.82) is 0 Å². The van der Waals surface area contributed by atoms with Gasteiger partial charge in [0.1, 0.15) is 5.57 Å². The number of amides is 2. The van der Waals surface area contributed by atoms with E-state index in [1.807, 2.05) is 42.5 Å². The SMILES string of the molecule is CC(C)CCN(C)c1ccc(C=C2C(=O)NN(c3ccccc3)C2=O)cc1. The number of carbonyl (C=O) groups excluding carboxylic acids is 2. The second kappa shape index (κ2) is 8.08. The van der Waals surface area contributed by atoms with Crippen LogP contribution >= 0.6 is 0 Å². The molecule has 1 aliphatic rings. The number of benzene rings is 2. The summed E-state index contributed by atoms with van der Waals surface area (Å²) in [6, 6.07) is 17.0. The first-order valence-corrected chi connectivity index (χ1v) is 9.19. The van der Waals surface area contributed by atoms with Gasteiger partial charge in [-0.15, -0.1) is 0 Å². The van der Waals surface area contributed by atoms with Crippen molar-refractivity contribution in [3.63, 3.8) is 0 Å². The van der Waals surface area contributed by atoms with E-state index in [0.717, 1.165) is 24.2 Å². The molecule has 1 aliphatic heterocycles. The van der Waals surface area contributed by atoms with Gasteiger partial charge in [0.05, 0.1) is 5.69 Å². The molecule has 0 aromatic heterocycles. The number of nitrogens with one attached hydrogen (secondary N) is 1. The van der Waals surface area contributed by atoms with Gasteiger partial charge in [0.2, 0.25) is 0 Å². The van der Waals surface area contributed by atoms with Gasteiger partial charge in [-0.25, -0.2) is 5.01 Å². The molecule has 0 saturated carbocycles. The maximum absolute atomic E-state index is 12.6. The Hall–Kier alpha value is -3.08. The first kappa shape index (κ1) is 18.7. The van der Waals surface area contributed by atoms with E-state index in [9.17, 15) is 9.59 Å². The third-order valence-electron chi connectivity index (χ3n) is 4.59. The van der Waals surface area contributed by atoms with Crippen molar-refractivity contribution in [1.82, 2.24) is 5.43 Å². The summed E-state index contributed by atoms with van der Waals surface area (Å²) in [5, 5.41) is 1.28. The number of hydrogen-bond acceptors (Lipinski definition) is 3. The van der Waals surface area contributed by atoms with E-state index in [0.29, 0.717) is 11.6 Å². The molecule has 1 N–H and O–H groups in total. The zero-order valence-corrected chi connectivity index (χ0v) is 16.0. The van der Waals surface area contributed by atoms with Crippen LogP contribution in [-0.4, -0.2) is 25.4 Å². The molecule has 1 fully saturated rings. The van der Waals surface area contributed by atoms with Crippen LogP contribution in [0.4, 0.5) is 11.4 Å². The Morgan fingerprint density at radius 3 is 2.33 bits per heavy atom. The van der Waals surface area contributed by atoms with E-state index in [-0.39, 0.29) is 17.4 Å². The number of para-hydroxylation sites is 1. The maximum atomic E-state index is 12.6. The molecule has 2 aromatic carbocycles. The molecule has 2 amide bonds. The van der Waals surface area contributed by atoms with Crippen molar-refractivity contribution in [2.24, 2.45) is 5.92 Å². The second-order valence-electron chi connectivity index (χ2n) is 7.17. The number of anilines is 2. The Morgan fingerprint density at radius 2 is 1.70 bits per heavy atom. The van der Waals surface area contributed by atoms with Gasteiger partial charge in [-0.2, -0.15) is 0 Å². The number of hydrazine groups is 1. The topological polar surface area (TPSA) is 52.7 Å². The Bertz CT molecular complexity index is 842. The van der Waals surface area contributed by atoms with Crippen molar-refractivity contribution in [3.05, 3.63) is 65.7 Å². The van der Waals surface area contributed by atoms with Crippen LogP contribution in [0.1, 0.15) is 25.8 Å². The van der Waals surface area contributed by atoms with Crippen LogP contribution in [0.5, 0.6) is 0 Å². The minimum atomic E-state index is -0.387. The fourth-order valence-corrected chi connectivity index (χ4v) is 2.89. The number of hydrogen-bond donors (Lipinski definition) is 1. The summed E-state index contributed by atoms with van der Waals surface area (Å²) < 4.78 is 0. The van der Waals surface area contributed by atoms with Crippen molar-refractivity contribution in [3.8, 4) is 0 Å². The van der Waals surface area contributed by atoms with Gasteiger partial charge < -0.3 is 4.90 Å². The van der Waals surface area contributed by atoms with Crippen LogP contribution in [0.2, 0.25) is 0 Å². The van der Waals surface area contributed by atoms with E-state index < -0.39 is 0 Å². The highest BCUT2D eigenvalue weighted by Crippen LogP contribution is 2.22. The molecule has 3 rings (SSSR count). The molecule has 5 heteroatoms. The van der Waals surface area contributed by atoms with Crippen LogP contribution in [0.25, 0.3) is 6.08 Å². The zero-order chi connectivity index (χ0) is 19.4. The smallest absolute Gasteiger partial charge is 0.282 e. The van der Waals surface area contributed by atoms with Crippen molar-refractivity contribution in [2.75, 3.05) is 23.5 Å². The quantitative estimate of drug-likeness (QED) is 0.630. The summed E-state index contributed by atoms with van der Waals surface area (Å²) in [6.07, 6.45) is 2.77. The summed E-state index contributed by atoms with van der Waals surface area (Å²) in [5.41, 5.74) is 5.33. The largest absolute Gasteiger partial charge is 0.375 e. The third kappa shape index (κ3) is 4.37. The molecule has 0 atom stereocenters. The van der Waals surface area contributed by atoms with Crippen LogP contribution in [0, 0.1) is 5.92 Å². The van der Waals surface area contributed by atoms with Gasteiger partial charge in [0.15, 0.2) is 0 Å². The summed E-state index contributed by atoms with van der Waals surface area (Å²) in [4.78, 5) is 27.1. The molecule has 27 heavy (non-hydrogen) atoms. The summed E-state index contributed by atoms with van der Waals surface area (Å²) >= 11 is 0. The number of rotatable bonds is 6. The molecule has 5 nitrogen and oxygen atoms in total. The lowest BCUT2D eigenvalue weighted by molar-refractivity contribution is -0.117. The summed E-state index contributed by atoms with van der Waals surface area (Å²) in [6.45, 7) is 5.42. The first-order chi connectivity index (χ1) is 13.0. The van der Waals surface area contributed by atoms with Gasteiger partial charge in [-0.05, 0) is 48.2 Å². The molecule has 1 heterocycles. The lowest BCUT2D eigenvalue weighted by Crippen LogP contribution is -2.35. The van der Waals surface area contributed by atoms with Gasteiger partial charge in [0.25, 0.3) is 11.8 Å². The Balaban J connectivity index is 1.74. The van der Waals surface area contributed by atoms with E-state index in [1.54, 1.807) is 18.2 Å². The molecule has 0 aliphatic carbocycles. The monoisotopic (exact) mass is 363 g/mol. The highest BCUT2D eigenvalue weighted by Gasteiger charge is 2.34. The maximum Gasteiger partial charge on any atom is 0.282 e. The molecule has 0 radical (unpaired) electrons.